The van der Waals surface area contributed by atoms with Gasteiger partial charge in [0.25, 0.3) is 0 Å². The third kappa shape index (κ3) is 4.57. The van der Waals surface area contributed by atoms with Crippen LogP contribution in [0.4, 0.5) is 0 Å². The summed E-state index contributed by atoms with van der Waals surface area (Å²) in [5.41, 5.74) is 4.69. The van der Waals surface area contributed by atoms with Crippen molar-refractivity contribution in [2.45, 2.75) is 25.8 Å². The fourth-order valence-corrected chi connectivity index (χ4v) is 3.06. The van der Waals surface area contributed by atoms with Crippen LogP contribution in [0.5, 0.6) is 0 Å². The largest absolute Gasteiger partial charge is 0.352 e. The SMILES string of the molecule is Cc1ccccc1CNC(=O)CC(c1ccccc1)c1ccccc1. The van der Waals surface area contributed by atoms with Crippen molar-refractivity contribution in [3.63, 3.8) is 0 Å². The van der Waals surface area contributed by atoms with Crippen LogP contribution in [0.15, 0.2) is 84.9 Å². The van der Waals surface area contributed by atoms with E-state index in [-0.39, 0.29) is 11.8 Å². The Morgan fingerprint density at radius 1 is 0.800 bits per heavy atom. The van der Waals surface area contributed by atoms with E-state index in [4.69, 9.17) is 0 Å². The van der Waals surface area contributed by atoms with Crippen LogP contribution in [-0.4, -0.2) is 5.91 Å². The van der Waals surface area contributed by atoms with Crippen molar-refractivity contribution in [3.05, 3.63) is 107 Å². The van der Waals surface area contributed by atoms with Crippen LogP contribution in [0, 0.1) is 6.92 Å². The van der Waals surface area contributed by atoms with Crippen LogP contribution in [0.3, 0.4) is 0 Å². The number of carbonyl (C=O) groups is 1. The first-order valence-electron chi connectivity index (χ1n) is 8.65. The van der Waals surface area contributed by atoms with Crippen LogP contribution in [0.2, 0.25) is 0 Å². The maximum Gasteiger partial charge on any atom is 0.221 e. The number of aryl methyl sites for hydroxylation is 1. The normalized spacial score (nSPS) is 10.6. The molecule has 0 aliphatic rings. The Hall–Kier alpha value is -2.87. The molecule has 3 rings (SSSR count). The molecule has 0 atom stereocenters. The average Bonchev–Trinajstić information content (AvgIpc) is 2.67. The van der Waals surface area contributed by atoms with Crippen molar-refractivity contribution < 1.29 is 4.79 Å². The van der Waals surface area contributed by atoms with Crippen molar-refractivity contribution in [1.29, 1.82) is 0 Å². The second kappa shape index (κ2) is 8.29. The molecule has 0 spiro atoms. The highest BCUT2D eigenvalue weighted by Crippen LogP contribution is 2.27. The van der Waals surface area contributed by atoms with Gasteiger partial charge in [0.05, 0.1) is 0 Å². The summed E-state index contributed by atoms with van der Waals surface area (Å²) in [5, 5.41) is 3.07. The molecular weight excluding hydrogens is 306 g/mol. The quantitative estimate of drug-likeness (QED) is 0.689. The molecule has 3 aromatic rings. The van der Waals surface area contributed by atoms with Crippen molar-refractivity contribution in [2.75, 3.05) is 0 Å². The fourth-order valence-electron chi connectivity index (χ4n) is 3.06. The van der Waals surface area contributed by atoms with Gasteiger partial charge in [-0.25, -0.2) is 0 Å². The fraction of sp³-hybridized carbons (Fsp3) is 0.174. The van der Waals surface area contributed by atoms with Crippen LogP contribution < -0.4 is 5.32 Å². The molecule has 0 aliphatic heterocycles. The first-order valence-corrected chi connectivity index (χ1v) is 8.65. The van der Waals surface area contributed by atoms with E-state index >= 15 is 0 Å². The minimum absolute atomic E-state index is 0.0688. The van der Waals surface area contributed by atoms with Gasteiger partial charge in [0.15, 0.2) is 0 Å². The number of hydrogen-bond donors (Lipinski definition) is 1. The zero-order valence-electron chi connectivity index (χ0n) is 14.5. The lowest BCUT2D eigenvalue weighted by Gasteiger charge is -2.18. The van der Waals surface area contributed by atoms with Gasteiger partial charge in [0.1, 0.15) is 0 Å². The summed E-state index contributed by atoms with van der Waals surface area (Å²) < 4.78 is 0. The number of benzene rings is 3. The van der Waals surface area contributed by atoms with Crippen molar-refractivity contribution in [2.24, 2.45) is 0 Å². The number of carbonyl (C=O) groups excluding carboxylic acids is 1. The van der Waals surface area contributed by atoms with Gasteiger partial charge in [-0.3, -0.25) is 4.79 Å². The number of rotatable bonds is 6. The summed E-state index contributed by atoms with van der Waals surface area (Å²) >= 11 is 0. The van der Waals surface area contributed by atoms with Crippen molar-refractivity contribution in [1.82, 2.24) is 5.32 Å². The molecule has 1 N–H and O–H groups in total. The van der Waals surface area contributed by atoms with Crippen LogP contribution in [-0.2, 0) is 11.3 Å². The lowest BCUT2D eigenvalue weighted by molar-refractivity contribution is -0.121. The number of amides is 1. The maximum absolute atomic E-state index is 12.6. The van der Waals surface area contributed by atoms with E-state index in [1.54, 1.807) is 0 Å². The van der Waals surface area contributed by atoms with E-state index in [1.807, 2.05) is 48.5 Å². The highest BCUT2D eigenvalue weighted by molar-refractivity contribution is 5.77. The first-order chi connectivity index (χ1) is 12.2. The molecule has 0 unspecified atom stereocenters. The molecule has 0 saturated heterocycles. The topological polar surface area (TPSA) is 29.1 Å². The summed E-state index contributed by atoms with van der Waals surface area (Å²) in [6.45, 7) is 2.64. The van der Waals surface area contributed by atoms with Gasteiger partial charge in [0.2, 0.25) is 5.91 Å². The van der Waals surface area contributed by atoms with Crippen LogP contribution in [0.1, 0.15) is 34.6 Å². The van der Waals surface area contributed by atoms with Crippen LogP contribution in [0.25, 0.3) is 0 Å². The van der Waals surface area contributed by atoms with E-state index in [9.17, 15) is 4.79 Å². The van der Waals surface area contributed by atoms with E-state index in [2.05, 4.69) is 48.6 Å². The molecule has 2 nitrogen and oxygen atoms in total. The minimum atomic E-state index is 0.0688. The second-order valence-electron chi connectivity index (χ2n) is 6.28. The minimum Gasteiger partial charge on any atom is -0.352 e. The summed E-state index contributed by atoms with van der Waals surface area (Å²) in [7, 11) is 0. The standard InChI is InChI=1S/C23H23NO/c1-18-10-8-9-15-21(18)17-24-23(25)16-22(19-11-4-2-5-12-19)20-13-6-3-7-14-20/h2-15,22H,16-17H2,1H3,(H,24,25). The predicted molar refractivity (Wildman–Crippen MR) is 102 cm³/mol. The van der Waals surface area contributed by atoms with Gasteiger partial charge in [0, 0.05) is 18.9 Å². The number of nitrogens with one attached hydrogen (secondary N) is 1. The van der Waals surface area contributed by atoms with Gasteiger partial charge in [-0.05, 0) is 29.2 Å². The molecule has 25 heavy (non-hydrogen) atoms. The molecule has 1 amide bonds. The highest BCUT2D eigenvalue weighted by atomic mass is 16.1. The van der Waals surface area contributed by atoms with Gasteiger partial charge < -0.3 is 5.32 Å². The van der Waals surface area contributed by atoms with E-state index < -0.39 is 0 Å². The second-order valence-corrected chi connectivity index (χ2v) is 6.28. The molecule has 0 saturated carbocycles. The average molecular weight is 329 g/mol. The van der Waals surface area contributed by atoms with Crippen molar-refractivity contribution >= 4 is 5.91 Å². The molecule has 0 bridgehead atoms. The maximum atomic E-state index is 12.6. The highest BCUT2D eigenvalue weighted by Gasteiger charge is 2.17. The van der Waals surface area contributed by atoms with Gasteiger partial charge in [-0.2, -0.15) is 0 Å². The summed E-state index contributed by atoms with van der Waals surface area (Å²) in [6, 6.07) is 28.6. The van der Waals surface area contributed by atoms with E-state index in [0.29, 0.717) is 13.0 Å². The third-order valence-corrected chi connectivity index (χ3v) is 4.53. The Bertz CT molecular complexity index is 772. The Kier molecular flexibility index (Phi) is 5.63. The summed E-state index contributed by atoms with van der Waals surface area (Å²) in [5.74, 6) is 0.139. The Morgan fingerprint density at radius 3 is 1.88 bits per heavy atom. The van der Waals surface area contributed by atoms with Gasteiger partial charge >= 0.3 is 0 Å². The molecule has 126 valence electrons. The zero-order valence-corrected chi connectivity index (χ0v) is 14.5. The molecular formula is C23H23NO. The van der Waals surface area contributed by atoms with Gasteiger partial charge in [-0.15, -0.1) is 0 Å². The van der Waals surface area contributed by atoms with Gasteiger partial charge in [-0.1, -0.05) is 84.9 Å². The smallest absolute Gasteiger partial charge is 0.221 e. The molecule has 0 heterocycles. The molecule has 0 aromatic heterocycles. The Balaban J connectivity index is 1.72. The van der Waals surface area contributed by atoms with Crippen molar-refractivity contribution in [3.8, 4) is 0 Å². The Morgan fingerprint density at radius 2 is 1.32 bits per heavy atom. The van der Waals surface area contributed by atoms with Crippen LogP contribution >= 0.6 is 0 Å². The molecule has 2 heteroatoms. The zero-order chi connectivity index (χ0) is 17.5. The third-order valence-electron chi connectivity index (χ3n) is 4.53. The summed E-state index contributed by atoms with van der Waals surface area (Å²) in [6.07, 6.45) is 0.444. The lowest BCUT2D eigenvalue weighted by Crippen LogP contribution is -2.25. The number of hydrogen-bond acceptors (Lipinski definition) is 1. The molecule has 3 aromatic carbocycles. The first kappa shape index (κ1) is 17.0. The predicted octanol–water partition coefficient (Wildman–Crippen LogP) is 4.83. The molecule has 0 radical (unpaired) electrons. The molecule has 0 aliphatic carbocycles. The van der Waals surface area contributed by atoms with E-state index in [0.717, 1.165) is 5.56 Å². The summed E-state index contributed by atoms with van der Waals surface area (Å²) in [4.78, 5) is 12.6. The Labute approximate surface area is 149 Å². The monoisotopic (exact) mass is 329 g/mol. The lowest BCUT2D eigenvalue weighted by atomic mass is 9.88. The van der Waals surface area contributed by atoms with E-state index in [1.165, 1.54) is 16.7 Å². The molecule has 0 fully saturated rings.